The van der Waals surface area contributed by atoms with Crippen LogP contribution in [-0.4, -0.2) is 45.4 Å². The van der Waals surface area contributed by atoms with Crippen molar-refractivity contribution < 1.29 is 14.3 Å². The molecule has 1 unspecified atom stereocenters. The molecule has 1 aliphatic heterocycles. The summed E-state index contributed by atoms with van der Waals surface area (Å²) in [6.07, 6.45) is 0.155. The number of para-hydroxylation sites is 1. The van der Waals surface area contributed by atoms with Crippen molar-refractivity contribution >= 4 is 55.2 Å². The summed E-state index contributed by atoms with van der Waals surface area (Å²) in [4.78, 5) is 38.6. The summed E-state index contributed by atoms with van der Waals surface area (Å²) in [7, 11) is 0. The number of ether oxygens (including phenoxy) is 1. The lowest BCUT2D eigenvalue weighted by Gasteiger charge is -2.32. The van der Waals surface area contributed by atoms with Gasteiger partial charge in [-0.2, -0.15) is 0 Å². The first-order valence-electron chi connectivity index (χ1n) is 12.7. The summed E-state index contributed by atoms with van der Waals surface area (Å²) in [5.74, 6) is -0.893. The number of nitrogens with zero attached hydrogens (tertiary/aromatic N) is 3. The second-order valence-electron chi connectivity index (χ2n) is 9.58. The Morgan fingerprint density at radius 1 is 1.13 bits per heavy atom. The summed E-state index contributed by atoms with van der Waals surface area (Å²) in [6.45, 7) is 7.63. The molecule has 196 valence electrons. The molecule has 9 heteroatoms. The highest BCUT2D eigenvalue weighted by Crippen LogP contribution is 2.30. The largest absolute Gasteiger partial charge is 0.449 e. The minimum Gasteiger partial charge on any atom is -0.449 e. The van der Waals surface area contributed by atoms with Gasteiger partial charge in [0.1, 0.15) is 0 Å². The van der Waals surface area contributed by atoms with Crippen LogP contribution in [-0.2, 0) is 22.5 Å². The molecular weight excluding hydrogens is 564 g/mol. The second-order valence-corrected chi connectivity index (χ2v) is 11.4. The molecule has 0 spiro atoms. The zero-order valence-electron chi connectivity index (χ0n) is 21.5. The van der Waals surface area contributed by atoms with Crippen LogP contribution in [0.25, 0.3) is 22.2 Å². The van der Waals surface area contributed by atoms with Gasteiger partial charge in [0.15, 0.2) is 11.2 Å². The van der Waals surface area contributed by atoms with Gasteiger partial charge in [0.05, 0.1) is 16.8 Å². The quantitative estimate of drug-likeness (QED) is 0.248. The molecule has 0 aliphatic carbocycles. The van der Waals surface area contributed by atoms with Crippen LogP contribution < -0.4 is 5.32 Å². The van der Waals surface area contributed by atoms with Crippen molar-refractivity contribution in [2.24, 2.45) is 0 Å². The van der Waals surface area contributed by atoms with Crippen molar-refractivity contribution in [1.82, 2.24) is 14.9 Å². The molecule has 0 bridgehead atoms. The van der Waals surface area contributed by atoms with E-state index in [2.05, 4.69) is 45.0 Å². The number of rotatable bonds is 7. The Kier molecular flexibility index (Phi) is 7.88. The molecule has 2 aromatic carbocycles. The van der Waals surface area contributed by atoms with E-state index in [4.69, 9.17) is 9.72 Å². The number of pyridine rings is 1. The predicted octanol–water partition coefficient (Wildman–Crippen LogP) is 6.46. The van der Waals surface area contributed by atoms with E-state index in [1.807, 2.05) is 60.8 Å². The lowest BCUT2D eigenvalue weighted by Crippen LogP contribution is -2.38. The van der Waals surface area contributed by atoms with E-state index < -0.39 is 18.0 Å². The minimum absolute atomic E-state index is 0.339. The van der Waals surface area contributed by atoms with Crippen molar-refractivity contribution in [3.63, 3.8) is 0 Å². The van der Waals surface area contributed by atoms with E-state index in [1.165, 1.54) is 11.3 Å². The van der Waals surface area contributed by atoms with Crippen LogP contribution in [0, 0.1) is 0 Å². The van der Waals surface area contributed by atoms with E-state index in [1.54, 1.807) is 0 Å². The molecule has 0 saturated carbocycles. The Bertz CT molecular complexity index is 1490. The normalized spacial score (nSPS) is 14.3. The summed E-state index contributed by atoms with van der Waals surface area (Å²) < 4.78 is 6.85. The average Bonchev–Trinajstić information content (AvgIpc) is 3.38. The third-order valence-electron chi connectivity index (χ3n) is 6.80. The number of carbonyl (C=O) groups excluding carboxylic acids is 2. The van der Waals surface area contributed by atoms with Gasteiger partial charge in [-0.3, -0.25) is 20.0 Å². The lowest BCUT2D eigenvalue weighted by molar-refractivity contribution is -0.124. The van der Waals surface area contributed by atoms with Crippen molar-refractivity contribution in [2.45, 2.75) is 52.3 Å². The van der Waals surface area contributed by atoms with Crippen LogP contribution in [0.1, 0.15) is 48.8 Å². The topological polar surface area (TPSA) is 84.4 Å². The smallest absolute Gasteiger partial charge is 0.340 e. The van der Waals surface area contributed by atoms with Crippen molar-refractivity contribution in [1.29, 1.82) is 0 Å². The number of hydrogen-bond donors (Lipinski definition) is 1. The zero-order valence-corrected chi connectivity index (χ0v) is 23.9. The number of aromatic nitrogens is 2. The van der Waals surface area contributed by atoms with Gasteiger partial charge < -0.3 is 4.74 Å². The fraction of sp³-hybridized carbons (Fsp3) is 0.310. The van der Waals surface area contributed by atoms with Gasteiger partial charge in [-0.25, -0.2) is 9.78 Å². The second kappa shape index (κ2) is 11.3. The van der Waals surface area contributed by atoms with Crippen LogP contribution in [0.4, 0.5) is 5.13 Å². The van der Waals surface area contributed by atoms with Gasteiger partial charge in [0.2, 0.25) is 0 Å². The number of amides is 1. The standard InChI is InChI=1S/C29H29BrN4O3S/c1-4-25(27(35)33-29-32-24(16-38-29)18-9-11-19(30)12-10-18)37-28(36)26-20-7-5-6-8-22(20)31-23-13-14-34(17(2)3)15-21(23)26/h5-12,16-17,25H,4,13-15H2,1-3H3,(H,32,33,35). The third-order valence-corrected chi connectivity index (χ3v) is 8.08. The van der Waals surface area contributed by atoms with Crippen LogP contribution >= 0.6 is 27.3 Å². The zero-order chi connectivity index (χ0) is 26.8. The Morgan fingerprint density at radius 3 is 2.63 bits per heavy atom. The Labute approximate surface area is 234 Å². The minimum atomic E-state index is -0.949. The van der Waals surface area contributed by atoms with Crippen LogP contribution in [0.3, 0.4) is 0 Å². The van der Waals surface area contributed by atoms with Crippen molar-refractivity contribution in [2.75, 3.05) is 11.9 Å². The number of hydrogen-bond acceptors (Lipinski definition) is 7. The number of benzene rings is 2. The summed E-state index contributed by atoms with van der Waals surface area (Å²) in [5.41, 5.74) is 4.81. The van der Waals surface area contributed by atoms with Gasteiger partial charge in [0, 0.05) is 57.6 Å². The molecule has 3 heterocycles. The van der Waals surface area contributed by atoms with Crippen molar-refractivity contribution in [3.05, 3.63) is 75.2 Å². The maximum Gasteiger partial charge on any atom is 0.340 e. The molecule has 1 atom stereocenters. The lowest BCUT2D eigenvalue weighted by atomic mass is 9.95. The van der Waals surface area contributed by atoms with E-state index in [9.17, 15) is 9.59 Å². The molecule has 5 rings (SSSR count). The molecule has 1 N–H and O–H groups in total. The number of anilines is 1. The van der Waals surface area contributed by atoms with Gasteiger partial charge in [-0.15, -0.1) is 11.3 Å². The van der Waals surface area contributed by atoms with Crippen LogP contribution in [0.2, 0.25) is 0 Å². The van der Waals surface area contributed by atoms with Crippen LogP contribution in [0.15, 0.2) is 58.4 Å². The van der Waals surface area contributed by atoms with Gasteiger partial charge >= 0.3 is 5.97 Å². The molecular formula is C29H29BrN4O3S. The summed E-state index contributed by atoms with van der Waals surface area (Å²) >= 11 is 4.77. The highest BCUT2D eigenvalue weighted by molar-refractivity contribution is 9.10. The number of thiazole rings is 1. The number of nitrogens with one attached hydrogen (secondary N) is 1. The maximum atomic E-state index is 13.7. The fourth-order valence-electron chi connectivity index (χ4n) is 4.67. The number of carbonyl (C=O) groups is 2. The van der Waals surface area contributed by atoms with Gasteiger partial charge in [0.25, 0.3) is 5.91 Å². The molecule has 0 radical (unpaired) electrons. The molecule has 38 heavy (non-hydrogen) atoms. The monoisotopic (exact) mass is 592 g/mol. The van der Waals surface area contributed by atoms with Gasteiger partial charge in [-0.05, 0) is 38.5 Å². The summed E-state index contributed by atoms with van der Waals surface area (Å²) in [5, 5.41) is 5.93. The van der Waals surface area contributed by atoms with E-state index in [-0.39, 0.29) is 0 Å². The molecule has 1 aliphatic rings. The highest BCUT2D eigenvalue weighted by atomic mass is 79.9. The first kappa shape index (κ1) is 26.5. The Hall–Kier alpha value is -3.14. The van der Waals surface area contributed by atoms with Gasteiger partial charge in [-0.1, -0.05) is 53.2 Å². The Balaban J connectivity index is 1.38. The molecule has 7 nitrogen and oxygen atoms in total. The fourth-order valence-corrected chi connectivity index (χ4v) is 5.65. The van der Waals surface area contributed by atoms with E-state index in [0.717, 1.165) is 50.9 Å². The molecule has 2 aromatic heterocycles. The number of esters is 1. The third kappa shape index (κ3) is 5.50. The number of fused-ring (bicyclic) bond motifs is 2. The van der Waals surface area contributed by atoms with E-state index >= 15 is 0 Å². The highest BCUT2D eigenvalue weighted by Gasteiger charge is 2.30. The van der Waals surface area contributed by atoms with Crippen LogP contribution in [0.5, 0.6) is 0 Å². The maximum absolute atomic E-state index is 13.7. The molecule has 1 amide bonds. The molecule has 4 aromatic rings. The predicted molar refractivity (Wildman–Crippen MR) is 154 cm³/mol. The SMILES string of the molecule is CCC(OC(=O)c1c2c(nc3ccccc13)CCN(C(C)C)C2)C(=O)Nc1nc(-c2ccc(Br)cc2)cs1. The molecule has 0 saturated heterocycles. The summed E-state index contributed by atoms with van der Waals surface area (Å²) in [6, 6.07) is 15.8. The first-order valence-corrected chi connectivity index (χ1v) is 14.4. The molecule has 0 fully saturated rings. The number of halogens is 1. The van der Waals surface area contributed by atoms with E-state index in [0.29, 0.717) is 29.7 Å². The first-order chi connectivity index (χ1) is 18.3. The Morgan fingerprint density at radius 2 is 1.89 bits per heavy atom. The average molecular weight is 594 g/mol. The van der Waals surface area contributed by atoms with Crippen molar-refractivity contribution in [3.8, 4) is 11.3 Å².